The summed E-state index contributed by atoms with van der Waals surface area (Å²) in [7, 11) is 0. The molecule has 0 aliphatic heterocycles. The summed E-state index contributed by atoms with van der Waals surface area (Å²) in [5.41, 5.74) is 6.91. The lowest BCUT2D eigenvalue weighted by Crippen LogP contribution is -2.02. The fourth-order valence-corrected chi connectivity index (χ4v) is 1.93. The first-order valence-corrected chi connectivity index (χ1v) is 5.97. The van der Waals surface area contributed by atoms with E-state index in [-0.39, 0.29) is 5.78 Å². The Morgan fingerprint density at radius 1 is 1.57 bits per heavy atom. The zero-order valence-electron chi connectivity index (χ0n) is 7.92. The minimum Gasteiger partial charge on any atom is -0.399 e. The first-order valence-electron chi connectivity index (χ1n) is 4.21. The maximum Gasteiger partial charge on any atom is 0.165 e. The van der Waals surface area contributed by atoms with Crippen LogP contribution in [0.1, 0.15) is 16.8 Å². The van der Waals surface area contributed by atoms with Crippen LogP contribution in [0.3, 0.4) is 0 Å². The standard InChI is InChI=1S/C10H12ClNOS/c1-14-10-3-2-7(12)6-8(10)9(13)4-5-11/h2-3,6H,4-5,12H2,1H3. The number of Topliss-reactive ketones (excluding diaryl/α,β-unsaturated/α-hetero) is 1. The summed E-state index contributed by atoms with van der Waals surface area (Å²) >= 11 is 7.06. The van der Waals surface area contributed by atoms with Crippen molar-refractivity contribution >= 4 is 34.8 Å². The van der Waals surface area contributed by atoms with Crippen LogP contribution in [-0.2, 0) is 0 Å². The van der Waals surface area contributed by atoms with Crippen LogP contribution in [0.5, 0.6) is 0 Å². The number of nitrogens with two attached hydrogens (primary N) is 1. The van der Waals surface area contributed by atoms with Crippen molar-refractivity contribution in [2.45, 2.75) is 11.3 Å². The summed E-state index contributed by atoms with van der Waals surface area (Å²) in [6.07, 6.45) is 2.29. The predicted octanol–water partition coefficient (Wildman–Crippen LogP) is 2.80. The minimum atomic E-state index is 0.0525. The molecule has 0 unspecified atom stereocenters. The average molecular weight is 230 g/mol. The van der Waals surface area contributed by atoms with E-state index in [4.69, 9.17) is 17.3 Å². The maximum atomic E-state index is 11.6. The Kier molecular flexibility index (Phi) is 4.29. The fourth-order valence-electron chi connectivity index (χ4n) is 1.16. The number of hydrogen-bond donors (Lipinski definition) is 1. The summed E-state index contributed by atoms with van der Waals surface area (Å²) in [5.74, 6) is 0.401. The Bertz CT molecular complexity index is 341. The Labute approximate surface area is 92.8 Å². The topological polar surface area (TPSA) is 43.1 Å². The van der Waals surface area contributed by atoms with Gasteiger partial charge in [-0.05, 0) is 24.5 Å². The Morgan fingerprint density at radius 2 is 2.29 bits per heavy atom. The molecule has 0 aliphatic rings. The van der Waals surface area contributed by atoms with Crippen LogP contribution in [0.15, 0.2) is 23.1 Å². The number of carbonyl (C=O) groups excluding carboxylic acids is 1. The fraction of sp³-hybridized carbons (Fsp3) is 0.300. The summed E-state index contributed by atoms with van der Waals surface area (Å²) in [4.78, 5) is 12.6. The van der Waals surface area contributed by atoms with Crippen molar-refractivity contribution in [3.8, 4) is 0 Å². The lowest BCUT2D eigenvalue weighted by molar-refractivity contribution is 0.0986. The second-order valence-corrected chi connectivity index (χ2v) is 4.05. The van der Waals surface area contributed by atoms with Gasteiger partial charge in [-0.15, -0.1) is 23.4 Å². The Balaban J connectivity index is 3.03. The SMILES string of the molecule is CSc1ccc(N)cc1C(=O)CCCl. The van der Waals surface area contributed by atoms with Gasteiger partial charge in [0.25, 0.3) is 0 Å². The van der Waals surface area contributed by atoms with Gasteiger partial charge in [0, 0.05) is 28.4 Å². The van der Waals surface area contributed by atoms with Crippen molar-refractivity contribution in [1.29, 1.82) is 0 Å². The van der Waals surface area contributed by atoms with Gasteiger partial charge >= 0.3 is 0 Å². The molecule has 76 valence electrons. The monoisotopic (exact) mass is 229 g/mol. The van der Waals surface area contributed by atoms with Crippen molar-refractivity contribution in [3.63, 3.8) is 0 Å². The molecule has 0 saturated carbocycles. The maximum absolute atomic E-state index is 11.6. The highest BCUT2D eigenvalue weighted by Crippen LogP contribution is 2.23. The predicted molar refractivity (Wildman–Crippen MR) is 62.3 cm³/mol. The van der Waals surface area contributed by atoms with Crippen LogP contribution >= 0.6 is 23.4 Å². The highest BCUT2D eigenvalue weighted by atomic mass is 35.5. The van der Waals surface area contributed by atoms with Crippen LogP contribution in [-0.4, -0.2) is 17.9 Å². The molecule has 0 saturated heterocycles. The lowest BCUT2D eigenvalue weighted by atomic mass is 10.1. The molecule has 0 radical (unpaired) electrons. The van der Waals surface area contributed by atoms with Gasteiger partial charge in [0.05, 0.1) is 0 Å². The van der Waals surface area contributed by atoms with Crippen LogP contribution in [0.25, 0.3) is 0 Å². The van der Waals surface area contributed by atoms with E-state index in [1.165, 1.54) is 11.8 Å². The summed E-state index contributed by atoms with van der Waals surface area (Å²) in [5, 5.41) is 0. The van der Waals surface area contributed by atoms with Crippen LogP contribution in [0.2, 0.25) is 0 Å². The molecule has 0 aromatic heterocycles. The third-order valence-electron chi connectivity index (χ3n) is 1.85. The molecule has 0 bridgehead atoms. The molecular formula is C10H12ClNOS. The molecule has 1 aromatic carbocycles. The number of rotatable bonds is 4. The van der Waals surface area contributed by atoms with Gasteiger partial charge in [-0.2, -0.15) is 0 Å². The molecule has 4 heteroatoms. The third kappa shape index (κ3) is 2.66. The van der Waals surface area contributed by atoms with Gasteiger partial charge in [0.1, 0.15) is 0 Å². The zero-order valence-corrected chi connectivity index (χ0v) is 9.49. The van der Waals surface area contributed by atoms with E-state index in [2.05, 4.69) is 0 Å². The second-order valence-electron chi connectivity index (χ2n) is 2.82. The Hall–Kier alpha value is -0.670. The van der Waals surface area contributed by atoms with Crippen molar-refractivity contribution < 1.29 is 4.79 Å². The normalized spacial score (nSPS) is 10.1. The first kappa shape index (κ1) is 11.4. The number of nitrogen functional groups attached to an aromatic ring is 1. The first-order chi connectivity index (χ1) is 6.69. The molecule has 1 rings (SSSR count). The van der Waals surface area contributed by atoms with Gasteiger partial charge in [-0.1, -0.05) is 0 Å². The lowest BCUT2D eigenvalue weighted by Gasteiger charge is -2.06. The van der Waals surface area contributed by atoms with E-state index in [1.807, 2.05) is 12.3 Å². The molecule has 0 amide bonds. The quantitative estimate of drug-likeness (QED) is 0.374. The molecule has 0 atom stereocenters. The van der Waals surface area contributed by atoms with Gasteiger partial charge in [-0.3, -0.25) is 4.79 Å². The highest BCUT2D eigenvalue weighted by molar-refractivity contribution is 7.98. The highest BCUT2D eigenvalue weighted by Gasteiger charge is 2.10. The number of alkyl halides is 1. The van der Waals surface area contributed by atoms with Gasteiger partial charge < -0.3 is 5.73 Å². The van der Waals surface area contributed by atoms with E-state index < -0.39 is 0 Å². The molecule has 0 spiro atoms. The number of hydrogen-bond acceptors (Lipinski definition) is 3. The second kappa shape index (κ2) is 5.27. The number of carbonyl (C=O) groups is 1. The molecule has 0 aliphatic carbocycles. The van der Waals surface area contributed by atoms with Crippen molar-refractivity contribution in [2.24, 2.45) is 0 Å². The van der Waals surface area contributed by atoms with Gasteiger partial charge in [-0.25, -0.2) is 0 Å². The van der Waals surface area contributed by atoms with Gasteiger partial charge in [0.2, 0.25) is 0 Å². The van der Waals surface area contributed by atoms with Crippen molar-refractivity contribution in [1.82, 2.24) is 0 Å². The number of benzene rings is 1. The van der Waals surface area contributed by atoms with Crippen molar-refractivity contribution in [3.05, 3.63) is 23.8 Å². The molecule has 2 nitrogen and oxygen atoms in total. The molecule has 0 heterocycles. The number of anilines is 1. The third-order valence-corrected chi connectivity index (χ3v) is 2.83. The smallest absolute Gasteiger partial charge is 0.165 e. The van der Waals surface area contributed by atoms with Crippen LogP contribution < -0.4 is 5.73 Å². The molecular weight excluding hydrogens is 218 g/mol. The Morgan fingerprint density at radius 3 is 2.86 bits per heavy atom. The zero-order chi connectivity index (χ0) is 10.6. The van der Waals surface area contributed by atoms with Crippen molar-refractivity contribution in [2.75, 3.05) is 17.9 Å². The molecule has 2 N–H and O–H groups in total. The van der Waals surface area contributed by atoms with E-state index >= 15 is 0 Å². The summed E-state index contributed by atoms with van der Waals surface area (Å²) in [6, 6.07) is 5.37. The molecule has 14 heavy (non-hydrogen) atoms. The largest absolute Gasteiger partial charge is 0.399 e. The number of halogens is 1. The minimum absolute atomic E-state index is 0.0525. The summed E-state index contributed by atoms with van der Waals surface area (Å²) in [6.45, 7) is 0. The van der Waals surface area contributed by atoms with E-state index in [0.29, 0.717) is 23.6 Å². The van der Waals surface area contributed by atoms with Gasteiger partial charge in [0.15, 0.2) is 5.78 Å². The summed E-state index contributed by atoms with van der Waals surface area (Å²) < 4.78 is 0. The molecule has 0 fully saturated rings. The van der Waals surface area contributed by atoms with E-state index in [0.717, 1.165) is 4.90 Å². The van der Waals surface area contributed by atoms with Crippen LogP contribution in [0.4, 0.5) is 5.69 Å². The van der Waals surface area contributed by atoms with E-state index in [9.17, 15) is 4.79 Å². The average Bonchev–Trinajstić information content (AvgIpc) is 2.18. The number of ketones is 1. The van der Waals surface area contributed by atoms with Crippen LogP contribution in [0, 0.1) is 0 Å². The molecule has 1 aromatic rings. The van der Waals surface area contributed by atoms with E-state index in [1.54, 1.807) is 12.1 Å². The number of thioether (sulfide) groups is 1.